The van der Waals surface area contributed by atoms with E-state index in [4.69, 9.17) is 5.11 Å². The number of hydrogen-bond donors (Lipinski definition) is 1. The van der Waals surface area contributed by atoms with Gasteiger partial charge >= 0.3 is 12.1 Å². The minimum Gasteiger partial charge on any atom is -0.481 e. The first-order valence-electron chi connectivity index (χ1n) is 6.43. The van der Waals surface area contributed by atoms with Crippen LogP contribution in [0.2, 0.25) is 0 Å². The number of benzene rings is 1. The smallest absolute Gasteiger partial charge is 0.393 e. The van der Waals surface area contributed by atoms with E-state index in [0.717, 1.165) is 5.56 Å². The molecule has 0 saturated carbocycles. The highest BCUT2D eigenvalue weighted by atomic mass is 35.5. The molecule has 0 bridgehead atoms. The van der Waals surface area contributed by atoms with Crippen LogP contribution >= 0.6 is 12.4 Å². The molecule has 0 spiro atoms. The first-order valence-corrected chi connectivity index (χ1v) is 6.43. The second-order valence-corrected chi connectivity index (χ2v) is 5.09. The van der Waals surface area contributed by atoms with Crippen LogP contribution in [0.5, 0.6) is 0 Å². The molecule has 2 rings (SSSR count). The molecule has 1 aliphatic rings. The maximum atomic E-state index is 12.8. The van der Waals surface area contributed by atoms with E-state index in [1.54, 1.807) is 4.90 Å². The first kappa shape index (κ1) is 17.8. The Bertz CT molecular complexity index is 467. The van der Waals surface area contributed by atoms with Gasteiger partial charge in [-0.3, -0.25) is 4.79 Å². The normalized spacial score (nSPS) is 22.8. The van der Waals surface area contributed by atoms with Crippen molar-refractivity contribution in [2.24, 2.45) is 11.8 Å². The molecule has 1 fully saturated rings. The number of carboxylic acids is 1. The number of nitrogens with zero attached hydrogens (tertiary/aromatic N) is 1. The lowest BCUT2D eigenvalue weighted by molar-refractivity contribution is -0.188. The Labute approximate surface area is 127 Å². The quantitative estimate of drug-likeness (QED) is 0.926. The van der Waals surface area contributed by atoms with Crippen molar-refractivity contribution in [2.45, 2.75) is 12.6 Å². The molecule has 1 N–H and O–H groups in total. The molecule has 3 nitrogen and oxygen atoms in total. The van der Waals surface area contributed by atoms with Crippen LogP contribution in [0.15, 0.2) is 30.3 Å². The summed E-state index contributed by atoms with van der Waals surface area (Å²) in [6, 6.07) is 9.44. The van der Waals surface area contributed by atoms with Crippen molar-refractivity contribution in [3.63, 3.8) is 0 Å². The van der Waals surface area contributed by atoms with Crippen LogP contribution in [0.1, 0.15) is 5.56 Å². The third-order valence-corrected chi connectivity index (χ3v) is 3.69. The minimum atomic E-state index is -4.45. The number of rotatable bonds is 4. The van der Waals surface area contributed by atoms with Crippen molar-refractivity contribution < 1.29 is 23.1 Å². The fourth-order valence-corrected chi connectivity index (χ4v) is 2.58. The molecule has 21 heavy (non-hydrogen) atoms. The van der Waals surface area contributed by atoms with E-state index in [1.165, 1.54) is 0 Å². The number of alkyl halides is 3. The number of likely N-dealkylation sites (tertiary alicyclic amines) is 1. The van der Waals surface area contributed by atoms with Crippen LogP contribution < -0.4 is 0 Å². The van der Waals surface area contributed by atoms with Gasteiger partial charge < -0.3 is 10.0 Å². The summed E-state index contributed by atoms with van der Waals surface area (Å²) in [6.45, 7) is 0.181. The lowest BCUT2D eigenvalue weighted by atomic mass is 9.96. The van der Waals surface area contributed by atoms with Gasteiger partial charge in [0.1, 0.15) is 0 Å². The van der Waals surface area contributed by atoms with Gasteiger partial charge in [-0.05, 0) is 12.0 Å². The monoisotopic (exact) mass is 323 g/mol. The molecule has 118 valence electrons. The summed E-state index contributed by atoms with van der Waals surface area (Å²) in [7, 11) is 0. The lowest BCUT2D eigenvalue weighted by Crippen LogP contribution is -2.33. The molecule has 7 heteroatoms. The molecule has 0 aromatic heterocycles. The molecule has 1 saturated heterocycles. The molecule has 2 atom stereocenters. The van der Waals surface area contributed by atoms with Crippen molar-refractivity contribution in [2.75, 3.05) is 19.6 Å². The maximum absolute atomic E-state index is 12.8. The molecule has 1 aromatic carbocycles. The van der Waals surface area contributed by atoms with Crippen LogP contribution in [0, 0.1) is 11.8 Å². The van der Waals surface area contributed by atoms with Crippen LogP contribution in [-0.4, -0.2) is 41.8 Å². The number of halogens is 4. The van der Waals surface area contributed by atoms with Crippen molar-refractivity contribution in [1.29, 1.82) is 0 Å². The third kappa shape index (κ3) is 4.61. The van der Waals surface area contributed by atoms with Crippen LogP contribution in [0.3, 0.4) is 0 Å². The fraction of sp³-hybridized carbons (Fsp3) is 0.500. The summed E-state index contributed by atoms with van der Waals surface area (Å²) in [5.41, 5.74) is 1.04. The SMILES string of the molecule is Cl.O=C(O)[C@@H]1CN(CCc2ccccc2)C[C@H]1C(F)(F)F. The van der Waals surface area contributed by atoms with Gasteiger partial charge in [0, 0.05) is 19.6 Å². The van der Waals surface area contributed by atoms with Crippen LogP contribution in [0.25, 0.3) is 0 Å². The van der Waals surface area contributed by atoms with Gasteiger partial charge in [-0.2, -0.15) is 13.2 Å². The van der Waals surface area contributed by atoms with E-state index < -0.39 is 24.0 Å². The Morgan fingerprint density at radius 2 is 1.86 bits per heavy atom. The summed E-state index contributed by atoms with van der Waals surface area (Å²) >= 11 is 0. The number of carbonyl (C=O) groups is 1. The van der Waals surface area contributed by atoms with E-state index in [0.29, 0.717) is 13.0 Å². The average molecular weight is 324 g/mol. The van der Waals surface area contributed by atoms with E-state index in [1.807, 2.05) is 30.3 Å². The van der Waals surface area contributed by atoms with Gasteiger partial charge in [-0.15, -0.1) is 12.4 Å². The van der Waals surface area contributed by atoms with Gasteiger partial charge in [0.15, 0.2) is 0 Å². The third-order valence-electron chi connectivity index (χ3n) is 3.69. The molecule has 0 amide bonds. The second-order valence-electron chi connectivity index (χ2n) is 5.09. The number of hydrogen-bond acceptors (Lipinski definition) is 2. The molecule has 1 heterocycles. The fourth-order valence-electron chi connectivity index (χ4n) is 2.58. The second kappa shape index (κ2) is 7.13. The zero-order chi connectivity index (χ0) is 14.8. The van der Waals surface area contributed by atoms with Gasteiger partial charge in [-0.1, -0.05) is 30.3 Å². The summed E-state index contributed by atoms with van der Waals surface area (Å²) in [4.78, 5) is 12.5. The van der Waals surface area contributed by atoms with Crippen LogP contribution in [-0.2, 0) is 11.2 Å². The lowest BCUT2D eigenvalue weighted by Gasteiger charge is -2.18. The Kier molecular flexibility index (Phi) is 6.04. The van der Waals surface area contributed by atoms with E-state index in [-0.39, 0.29) is 25.5 Å². The van der Waals surface area contributed by atoms with Gasteiger partial charge in [0.05, 0.1) is 11.8 Å². The molecule has 0 aliphatic carbocycles. The molecule has 0 radical (unpaired) electrons. The summed E-state index contributed by atoms with van der Waals surface area (Å²) in [5, 5.41) is 8.92. The Hall–Kier alpha value is -1.27. The Balaban J connectivity index is 0.00000220. The standard InChI is InChI=1S/C14H16F3NO2.ClH/c15-14(16,17)12-9-18(8-11(12)13(19)20)7-6-10-4-2-1-3-5-10;/h1-5,11-12H,6-9H2,(H,19,20);1H/t11-,12-;/m1./s1. The maximum Gasteiger partial charge on any atom is 0.393 e. The van der Waals surface area contributed by atoms with Gasteiger partial charge in [0.25, 0.3) is 0 Å². The highest BCUT2D eigenvalue weighted by Crippen LogP contribution is 2.37. The van der Waals surface area contributed by atoms with Crippen molar-refractivity contribution in [1.82, 2.24) is 4.90 Å². The summed E-state index contributed by atoms with van der Waals surface area (Å²) in [5.74, 6) is -4.49. The largest absolute Gasteiger partial charge is 0.481 e. The van der Waals surface area contributed by atoms with Crippen molar-refractivity contribution >= 4 is 18.4 Å². The van der Waals surface area contributed by atoms with Gasteiger partial charge in [-0.25, -0.2) is 0 Å². The average Bonchev–Trinajstić information content (AvgIpc) is 2.82. The highest BCUT2D eigenvalue weighted by Gasteiger charge is 2.52. The van der Waals surface area contributed by atoms with Gasteiger partial charge in [0.2, 0.25) is 0 Å². The van der Waals surface area contributed by atoms with Crippen LogP contribution in [0.4, 0.5) is 13.2 Å². The van der Waals surface area contributed by atoms with Crippen molar-refractivity contribution in [3.05, 3.63) is 35.9 Å². The van der Waals surface area contributed by atoms with Crippen molar-refractivity contribution in [3.8, 4) is 0 Å². The topological polar surface area (TPSA) is 40.5 Å². The first-order chi connectivity index (χ1) is 9.38. The summed E-state index contributed by atoms with van der Waals surface area (Å²) in [6.07, 6.45) is -3.83. The molecule has 1 aliphatic heterocycles. The minimum absolute atomic E-state index is 0. The van der Waals surface area contributed by atoms with E-state index in [9.17, 15) is 18.0 Å². The van der Waals surface area contributed by atoms with E-state index in [2.05, 4.69) is 0 Å². The molecule has 1 aromatic rings. The molecule has 0 unspecified atom stereocenters. The Morgan fingerprint density at radius 3 is 2.33 bits per heavy atom. The predicted molar refractivity (Wildman–Crippen MR) is 74.5 cm³/mol. The Morgan fingerprint density at radius 1 is 1.24 bits per heavy atom. The molecular formula is C14H17ClF3NO2. The summed E-state index contributed by atoms with van der Waals surface area (Å²) < 4.78 is 38.5. The zero-order valence-corrected chi connectivity index (χ0v) is 12.0. The molecular weight excluding hydrogens is 307 g/mol. The zero-order valence-electron chi connectivity index (χ0n) is 11.2. The predicted octanol–water partition coefficient (Wildman–Crippen LogP) is 2.85. The number of aliphatic carboxylic acids is 1. The van der Waals surface area contributed by atoms with E-state index >= 15 is 0 Å². The number of carboxylic acid groups (broad SMARTS) is 1. The highest BCUT2D eigenvalue weighted by molar-refractivity contribution is 5.85.